The first-order valence-electron chi connectivity index (χ1n) is 8.37. The average Bonchev–Trinajstić information content (AvgIpc) is 2.43. The van der Waals surface area contributed by atoms with E-state index in [9.17, 15) is 0 Å². The Hall–Kier alpha value is -0.860. The molecule has 0 aliphatic heterocycles. The highest BCUT2D eigenvalue weighted by Gasteiger charge is 2.33. The summed E-state index contributed by atoms with van der Waals surface area (Å²) >= 11 is 0. The highest BCUT2D eigenvalue weighted by atomic mass is 16.5. The van der Waals surface area contributed by atoms with Crippen LogP contribution in [0.5, 0.6) is 0 Å². The molecule has 0 radical (unpaired) electrons. The van der Waals surface area contributed by atoms with Gasteiger partial charge in [0.05, 0.1) is 12.1 Å². The Morgan fingerprint density at radius 1 is 1.05 bits per heavy atom. The SMILES string of the molecule is CCCc1ccc(C(NCC)C(OCC)C(C)(C)C)cc1. The zero-order valence-corrected chi connectivity index (χ0v) is 14.7. The Bertz CT molecular complexity index is 391. The van der Waals surface area contributed by atoms with Gasteiger partial charge < -0.3 is 10.1 Å². The van der Waals surface area contributed by atoms with E-state index in [2.05, 4.69) is 71.1 Å². The van der Waals surface area contributed by atoms with Crippen LogP contribution >= 0.6 is 0 Å². The van der Waals surface area contributed by atoms with Crippen molar-refractivity contribution in [3.05, 3.63) is 35.4 Å². The summed E-state index contributed by atoms with van der Waals surface area (Å²) in [5, 5.41) is 3.62. The van der Waals surface area contributed by atoms with Crippen molar-refractivity contribution in [3.8, 4) is 0 Å². The normalized spacial score (nSPS) is 15.0. The second-order valence-corrected chi connectivity index (χ2v) is 6.77. The molecule has 1 rings (SSSR count). The third kappa shape index (κ3) is 5.44. The van der Waals surface area contributed by atoms with E-state index in [1.807, 2.05) is 0 Å². The van der Waals surface area contributed by atoms with E-state index < -0.39 is 0 Å². The zero-order valence-electron chi connectivity index (χ0n) is 14.7. The van der Waals surface area contributed by atoms with E-state index in [0.29, 0.717) is 0 Å². The molecule has 0 aromatic heterocycles. The number of aryl methyl sites for hydroxylation is 1. The van der Waals surface area contributed by atoms with E-state index in [-0.39, 0.29) is 17.6 Å². The zero-order chi connectivity index (χ0) is 15.9. The fraction of sp³-hybridized carbons (Fsp3) is 0.684. The van der Waals surface area contributed by atoms with Crippen LogP contribution in [-0.2, 0) is 11.2 Å². The van der Waals surface area contributed by atoms with E-state index in [1.54, 1.807) is 0 Å². The van der Waals surface area contributed by atoms with Crippen LogP contribution in [0.1, 0.15) is 65.1 Å². The highest BCUT2D eigenvalue weighted by molar-refractivity contribution is 5.26. The third-order valence-electron chi connectivity index (χ3n) is 3.80. The van der Waals surface area contributed by atoms with Gasteiger partial charge in [0.1, 0.15) is 0 Å². The fourth-order valence-electron chi connectivity index (χ4n) is 2.83. The summed E-state index contributed by atoms with van der Waals surface area (Å²) in [6, 6.07) is 9.28. The third-order valence-corrected chi connectivity index (χ3v) is 3.80. The van der Waals surface area contributed by atoms with Crippen molar-refractivity contribution in [1.29, 1.82) is 0 Å². The Labute approximate surface area is 131 Å². The van der Waals surface area contributed by atoms with E-state index in [0.717, 1.165) is 19.6 Å². The van der Waals surface area contributed by atoms with Crippen molar-refractivity contribution < 1.29 is 4.74 Å². The Balaban J connectivity index is 3.02. The molecule has 1 N–H and O–H groups in total. The highest BCUT2D eigenvalue weighted by Crippen LogP contribution is 2.33. The van der Waals surface area contributed by atoms with Crippen LogP contribution in [0.3, 0.4) is 0 Å². The van der Waals surface area contributed by atoms with Gasteiger partial charge in [-0.1, -0.05) is 65.3 Å². The summed E-state index contributed by atoms with van der Waals surface area (Å²) in [6.45, 7) is 14.9. The van der Waals surface area contributed by atoms with Gasteiger partial charge >= 0.3 is 0 Å². The summed E-state index contributed by atoms with van der Waals surface area (Å²) in [7, 11) is 0. The monoisotopic (exact) mass is 291 g/mol. The molecule has 0 aliphatic rings. The molecule has 2 unspecified atom stereocenters. The number of nitrogens with one attached hydrogen (secondary N) is 1. The van der Waals surface area contributed by atoms with Gasteiger partial charge in [0.25, 0.3) is 0 Å². The maximum absolute atomic E-state index is 6.09. The lowest BCUT2D eigenvalue weighted by molar-refractivity contribution is -0.0363. The second-order valence-electron chi connectivity index (χ2n) is 6.77. The van der Waals surface area contributed by atoms with Gasteiger partial charge in [-0.2, -0.15) is 0 Å². The number of benzene rings is 1. The minimum Gasteiger partial charge on any atom is -0.376 e. The predicted octanol–water partition coefficient (Wildman–Crippen LogP) is 4.74. The van der Waals surface area contributed by atoms with Gasteiger partial charge in [-0.3, -0.25) is 0 Å². The lowest BCUT2D eigenvalue weighted by Gasteiger charge is -2.37. The molecule has 0 heterocycles. The van der Waals surface area contributed by atoms with E-state index in [1.165, 1.54) is 17.5 Å². The van der Waals surface area contributed by atoms with Crippen molar-refractivity contribution in [3.63, 3.8) is 0 Å². The summed E-state index contributed by atoms with van der Waals surface area (Å²) < 4.78 is 6.09. The molecule has 120 valence electrons. The molecule has 0 aliphatic carbocycles. The number of ether oxygens (including phenoxy) is 1. The predicted molar refractivity (Wildman–Crippen MR) is 91.7 cm³/mol. The van der Waals surface area contributed by atoms with Gasteiger partial charge in [-0.15, -0.1) is 0 Å². The van der Waals surface area contributed by atoms with Crippen molar-refractivity contribution in [2.75, 3.05) is 13.2 Å². The van der Waals surface area contributed by atoms with Crippen molar-refractivity contribution >= 4 is 0 Å². The van der Waals surface area contributed by atoms with Crippen LogP contribution in [0.2, 0.25) is 0 Å². The van der Waals surface area contributed by atoms with Crippen LogP contribution in [0, 0.1) is 5.41 Å². The molecule has 2 heteroatoms. The fourth-order valence-corrected chi connectivity index (χ4v) is 2.83. The van der Waals surface area contributed by atoms with Gasteiger partial charge in [0, 0.05) is 6.61 Å². The van der Waals surface area contributed by atoms with Gasteiger partial charge in [-0.05, 0) is 36.4 Å². The topological polar surface area (TPSA) is 21.3 Å². The molecule has 2 nitrogen and oxygen atoms in total. The molecule has 0 spiro atoms. The number of hydrogen-bond donors (Lipinski definition) is 1. The first-order valence-corrected chi connectivity index (χ1v) is 8.37. The van der Waals surface area contributed by atoms with Crippen molar-refractivity contribution in [1.82, 2.24) is 5.32 Å². The quantitative estimate of drug-likeness (QED) is 0.747. The average molecular weight is 291 g/mol. The van der Waals surface area contributed by atoms with Crippen LogP contribution in [-0.4, -0.2) is 19.3 Å². The molecule has 2 atom stereocenters. The van der Waals surface area contributed by atoms with Gasteiger partial charge in [0.2, 0.25) is 0 Å². The van der Waals surface area contributed by atoms with Crippen LogP contribution in [0.4, 0.5) is 0 Å². The maximum Gasteiger partial charge on any atom is 0.0817 e. The summed E-state index contributed by atoms with van der Waals surface area (Å²) in [5.74, 6) is 0. The molecule has 0 fully saturated rings. The minimum absolute atomic E-state index is 0.102. The van der Waals surface area contributed by atoms with E-state index >= 15 is 0 Å². The lowest BCUT2D eigenvalue weighted by Crippen LogP contribution is -2.42. The smallest absolute Gasteiger partial charge is 0.0817 e. The summed E-state index contributed by atoms with van der Waals surface area (Å²) in [4.78, 5) is 0. The first-order chi connectivity index (χ1) is 9.93. The minimum atomic E-state index is 0.102. The van der Waals surface area contributed by atoms with Gasteiger partial charge in [0.15, 0.2) is 0 Å². The number of hydrogen-bond acceptors (Lipinski definition) is 2. The molecule has 0 amide bonds. The van der Waals surface area contributed by atoms with Crippen molar-refractivity contribution in [2.24, 2.45) is 5.41 Å². The molecule has 21 heavy (non-hydrogen) atoms. The number of rotatable bonds is 8. The van der Waals surface area contributed by atoms with Crippen molar-refractivity contribution in [2.45, 2.75) is 66.5 Å². The van der Waals surface area contributed by atoms with Crippen LogP contribution in [0.15, 0.2) is 24.3 Å². The largest absolute Gasteiger partial charge is 0.376 e. The van der Waals surface area contributed by atoms with E-state index in [4.69, 9.17) is 4.74 Å². The maximum atomic E-state index is 6.09. The molecule has 0 saturated carbocycles. The Morgan fingerprint density at radius 2 is 1.67 bits per heavy atom. The molecule has 0 bridgehead atoms. The molecule has 0 saturated heterocycles. The molecular weight excluding hydrogens is 258 g/mol. The van der Waals surface area contributed by atoms with Crippen LogP contribution in [0.25, 0.3) is 0 Å². The summed E-state index contributed by atoms with van der Waals surface area (Å²) in [5.41, 5.74) is 2.84. The number of likely N-dealkylation sites (N-methyl/N-ethyl adjacent to an activating group) is 1. The molecular formula is C19H33NO. The molecule has 1 aromatic rings. The second kappa shape index (κ2) is 8.55. The van der Waals surface area contributed by atoms with Crippen LogP contribution < -0.4 is 5.32 Å². The standard InChI is InChI=1S/C19H33NO/c1-7-10-15-11-13-16(14-12-15)17(20-8-2)18(21-9-3)19(4,5)6/h11-14,17-18,20H,7-10H2,1-6H3. The first kappa shape index (κ1) is 18.2. The Kier molecular flexibility index (Phi) is 7.41. The molecule has 1 aromatic carbocycles. The van der Waals surface area contributed by atoms with Gasteiger partial charge in [-0.25, -0.2) is 0 Å². The Morgan fingerprint density at radius 3 is 2.10 bits per heavy atom. The lowest BCUT2D eigenvalue weighted by atomic mass is 9.81. The summed E-state index contributed by atoms with van der Waals surface area (Å²) in [6.07, 6.45) is 2.51.